The Hall–Kier alpha value is -0.990. The van der Waals surface area contributed by atoms with Crippen LogP contribution in [0.1, 0.15) is 6.92 Å². The Morgan fingerprint density at radius 3 is 2.29 bits per heavy atom. The van der Waals surface area contributed by atoms with Crippen LogP contribution in [0.25, 0.3) is 0 Å². The van der Waals surface area contributed by atoms with Crippen molar-refractivity contribution in [3.05, 3.63) is 24.0 Å². The van der Waals surface area contributed by atoms with E-state index in [0.29, 0.717) is 0 Å². The first-order chi connectivity index (χ1) is 7.68. The van der Waals surface area contributed by atoms with Crippen LogP contribution in [-0.2, 0) is 19.9 Å². The molecule has 96 valence electrons. The molecule has 0 saturated heterocycles. The van der Waals surface area contributed by atoms with Crippen molar-refractivity contribution in [2.45, 2.75) is 16.7 Å². The summed E-state index contributed by atoms with van der Waals surface area (Å²) >= 11 is 0. The topological polar surface area (TPSA) is 80.3 Å². The minimum Gasteiger partial charge on any atom is -0.224 e. The van der Waals surface area contributed by atoms with E-state index in [1.165, 1.54) is 6.92 Å². The van der Waals surface area contributed by atoms with Gasteiger partial charge in [0, 0.05) is 12.8 Å². The number of halogens is 1. The fourth-order valence-corrected chi connectivity index (χ4v) is 3.05. The Morgan fingerprint density at radius 1 is 1.24 bits per heavy atom. The van der Waals surface area contributed by atoms with Crippen LogP contribution < -0.4 is 4.72 Å². The third-order valence-corrected chi connectivity index (χ3v) is 4.63. The average molecular weight is 281 g/mol. The Bertz CT molecular complexity index is 622. The SMILES string of the molecule is CCNS(=O)(=O)c1cc(S(C)(=O)=O)ccc1F. The number of hydrogen-bond acceptors (Lipinski definition) is 4. The number of hydrogen-bond donors (Lipinski definition) is 1. The highest BCUT2D eigenvalue weighted by molar-refractivity contribution is 7.91. The first kappa shape index (κ1) is 14.1. The van der Waals surface area contributed by atoms with Crippen LogP contribution >= 0.6 is 0 Å². The summed E-state index contributed by atoms with van der Waals surface area (Å²) in [7, 11) is -7.59. The van der Waals surface area contributed by atoms with Crippen LogP contribution in [-0.4, -0.2) is 29.6 Å². The van der Waals surface area contributed by atoms with Gasteiger partial charge in [-0.05, 0) is 18.2 Å². The van der Waals surface area contributed by atoms with Gasteiger partial charge < -0.3 is 0 Å². The van der Waals surface area contributed by atoms with Gasteiger partial charge in [-0.15, -0.1) is 0 Å². The van der Waals surface area contributed by atoms with Crippen molar-refractivity contribution in [2.75, 3.05) is 12.8 Å². The normalized spacial score (nSPS) is 12.6. The molecule has 5 nitrogen and oxygen atoms in total. The van der Waals surface area contributed by atoms with E-state index in [0.717, 1.165) is 24.5 Å². The Labute approximate surface area is 99.6 Å². The average Bonchev–Trinajstić information content (AvgIpc) is 2.15. The Morgan fingerprint density at radius 2 is 1.82 bits per heavy atom. The minimum atomic E-state index is -4.01. The van der Waals surface area contributed by atoms with Gasteiger partial charge in [-0.3, -0.25) is 0 Å². The standard InChI is InChI=1S/C9H12FNO4S2/c1-3-11-17(14,15)9-6-7(16(2,12)13)4-5-8(9)10/h4-6,11H,3H2,1-2H3. The minimum absolute atomic E-state index is 0.0882. The lowest BCUT2D eigenvalue weighted by Crippen LogP contribution is -2.24. The number of benzene rings is 1. The lowest BCUT2D eigenvalue weighted by molar-refractivity contribution is 0.556. The molecule has 1 N–H and O–H groups in total. The second-order valence-corrected chi connectivity index (χ2v) is 7.12. The summed E-state index contributed by atoms with van der Waals surface area (Å²) < 4.78 is 61.1. The molecule has 0 radical (unpaired) electrons. The molecule has 0 aliphatic rings. The summed E-state index contributed by atoms with van der Waals surface area (Å²) in [6.07, 6.45) is 0.921. The summed E-state index contributed by atoms with van der Waals surface area (Å²) in [4.78, 5) is -0.905. The van der Waals surface area contributed by atoms with Crippen molar-refractivity contribution in [1.82, 2.24) is 4.72 Å². The molecule has 1 aromatic rings. The monoisotopic (exact) mass is 281 g/mol. The maximum atomic E-state index is 13.4. The summed E-state index contributed by atoms with van der Waals surface area (Å²) in [6.45, 7) is 1.63. The maximum absolute atomic E-state index is 13.4. The van der Waals surface area contributed by atoms with Gasteiger partial charge in [-0.1, -0.05) is 6.92 Å². The number of sulfone groups is 1. The number of rotatable bonds is 4. The Balaban J connectivity index is 3.45. The molecule has 8 heteroatoms. The predicted molar refractivity (Wildman–Crippen MR) is 60.4 cm³/mol. The molecule has 1 aromatic carbocycles. The van der Waals surface area contributed by atoms with Crippen LogP contribution in [0, 0.1) is 5.82 Å². The molecule has 0 spiro atoms. The highest BCUT2D eigenvalue weighted by Crippen LogP contribution is 2.19. The van der Waals surface area contributed by atoms with Crippen LogP contribution in [0.2, 0.25) is 0 Å². The summed E-state index contributed by atoms with van der Waals surface area (Å²) in [5.41, 5.74) is 0. The quantitative estimate of drug-likeness (QED) is 0.816. The van der Waals surface area contributed by atoms with E-state index in [1.807, 2.05) is 0 Å². The maximum Gasteiger partial charge on any atom is 0.243 e. The largest absolute Gasteiger partial charge is 0.243 e. The second kappa shape index (κ2) is 4.71. The van der Waals surface area contributed by atoms with Gasteiger partial charge in [-0.25, -0.2) is 25.9 Å². The summed E-state index contributed by atoms with van der Waals surface area (Å²) in [5, 5.41) is 0. The summed E-state index contributed by atoms with van der Waals surface area (Å²) in [6, 6.07) is 2.65. The fourth-order valence-electron chi connectivity index (χ4n) is 1.19. The second-order valence-electron chi connectivity index (χ2n) is 3.37. The van der Waals surface area contributed by atoms with Crippen LogP contribution in [0.15, 0.2) is 28.0 Å². The summed E-state index contributed by atoms with van der Waals surface area (Å²) in [5.74, 6) is -0.988. The molecule has 0 heterocycles. The van der Waals surface area contributed by atoms with Gasteiger partial charge in [0.2, 0.25) is 10.0 Å². The van der Waals surface area contributed by atoms with E-state index in [9.17, 15) is 21.2 Å². The smallest absolute Gasteiger partial charge is 0.224 e. The Kier molecular flexibility index (Phi) is 3.90. The first-order valence-corrected chi connectivity index (χ1v) is 8.05. The van der Waals surface area contributed by atoms with Crippen LogP contribution in [0.3, 0.4) is 0 Å². The van der Waals surface area contributed by atoms with Gasteiger partial charge in [0.05, 0.1) is 4.90 Å². The zero-order valence-corrected chi connectivity index (χ0v) is 10.9. The number of sulfonamides is 1. The molecular formula is C9H12FNO4S2. The zero-order chi connectivity index (χ0) is 13.3. The third kappa shape index (κ3) is 3.24. The molecule has 1 rings (SSSR count). The van der Waals surface area contributed by atoms with Crippen LogP contribution in [0.5, 0.6) is 0 Å². The van der Waals surface area contributed by atoms with Gasteiger partial charge in [0.1, 0.15) is 10.7 Å². The van der Waals surface area contributed by atoms with E-state index in [4.69, 9.17) is 0 Å². The molecule has 0 fully saturated rings. The fraction of sp³-hybridized carbons (Fsp3) is 0.333. The van der Waals surface area contributed by atoms with Gasteiger partial charge in [0.15, 0.2) is 9.84 Å². The van der Waals surface area contributed by atoms with Gasteiger partial charge in [-0.2, -0.15) is 0 Å². The molecule has 0 aromatic heterocycles. The van der Waals surface area contributed by atoms with Crippen molar-refractivity contribution >= 4 is 19.9 Å². The van der Waals surface area contributed by atoms with Crippen molar-refractivity contribution in [3.8, 4) is 0 Å². The van der Waals surface area contributed by atoms with Gasteiger partial charge in [0.25, 0.3) is 0 Å². The highest BCUT2D eigenvalue weighted by Gasteiger charge is 2.20. The molecule has 0 amide bonds. The first-order valence-electron chi connectivity index (χ1n) is 4.67. The van der Waals surface area contributed by atoms with Crippen LogP contribution in [0.4, 0.5) is 4.39 Å². The van der Waals surface area contributed by atoms with E-state index < -0.39 is 30.6 Å². The van der Waals surface area contributed by atoms with E-state index >= 15 is 0 Å². The molecule has 17 heavy (non-hydrogen) atoms. The molecule has 0 bridgehead atoms. The van der Waals surface area contributed by atoms with E-state index in [1.54, 1.807) is 0 Å². The third-order valence-electron chi connectivity index (χ3n) is 1.95. The van der Waals surface area contributed by atoms with Crippen molar-refractivity contribution < 1.29 is 21.2 Å². The molecule has 0 saturated carbocycles. The molecular weight excluding hydrogens is 269 g/mol. The predicted octanol–water partition coefficient (Wildman–Crippen LogP) is 0.527. The lowest BCUT2D eigenvalue weighted by atomic mass is 10.3. The molecule has 0 unspecified atom stereocenters. The zero-order valence-electron chi connectivity index (χ0n) is 9.27. The highest BCUT2D eigenvalue weighted by atomic mass is 32.2. The number of nitrogens with one attached hydrogen (secondary N) is 1. The van der Waals surface area contributed by atoms with Crippen molar-refractivity contribution in [2.24, 2.45) is 0 Å². The van der Waals surface area contributed by atoms with Crippen molar-refractivity contribution in [1.29, 1.82) is 0 Å². The lowest BCUT2D eigenvalue weighted by Gasteiger charge is -2.07. The molecule has 0 aliphatic heterocycles. The van der Waals surface area contributed by atoms with Crippen molar-refractivity contribution in [3.63, 3.8) is 0 Å². The van der Waals surface area contributed by atoms with Gasteiger partial charge >= 0.3 is 0 Å². The van der Waals surface area contributed by atoms with E-state index in [-0.39, 0.29) is 11.4 Å². The van der Waals surface area contributed by atoms with E-state index in [2.05, 4.69) is 4.72 Å². The molecule has 0 atom stereocenters. The molecule has 0 aliphatic carbocycles.